The highest BCUT2D eigenvalue weighted by Crippen LogP contribution is 2.27. The number of halogens is 2. The van der Waals surface area contributed by atoms with Gasteiger partial charge in [-0.2, -0.15) is 5.10 Å². The maximum Gasteiger partial charge on any atom is 0.159 e. The molecule has 0 saturated carbocycles. The standard InChI is InChI=1S/C14H9Cl2N3/c15-10-3-4-11-12(7-10)13(18-19-14(11)16)6-9-2-1-5-17-8-9/h1-5,7-8H,6H2. The molecule has 0 saturated heterocycles. The summed E-state index contributed by atoms with van der Waals surface area (Å²) in [6, 6.07) is 9.42. The van der Waals surface area contributed by atoms with Crippen LogP contribution in [-0.2, 0) is 6.42 Å². The monoisotopic (exact) mass is 289 g/mol. The van der Waals surface area contributed by atoms with Crippen molar-refractivity contribution in [2.24, 2.45) is 0 Å². The first-order valence-electron chi connectivity index (χ1n) is 5.73. The normalized spacial score (nSPS) is 10.8. The lowest BCUT2D eigenvalue weighted by atomic mass is 10.1. The van der Waals surface area contributed by atoms with E-state index in [1.54, 1.807) is 12.3 Å². The zero-order valence-corrected chi connectivity index (χ0v) is 11.4. The molecule has 0 radical (unpaired) electrons. The zero-order valence-electron chi connectivity index (χ0n) is 9.85. The van der Waals surface area contributed by atoms with Gasteiger partial charge in [0.2, 0.25) is 0 Å². The van der Waals surface area contributed by atoms with Crippen molar-refractivity contribution < 1.29 is 0 Å². The average molecular weight is 290 g/mol. The Morgan fingerprint density at radius 3 is 2.68 bits per heavy atom. The van der Waals surface area contributed by atoms with E-state index in [4.69, 9.17) is 23.2 Å². The molecule has 0 unspecified atom stereocenters. The van der Waals surface area contributed by atoms with Crippen LogP contribution in [0.4, 0.5) is 0 Å². The number of fused-ring (bicyclic) bond motifs is 1. The fraction of sp³-hybridized carbons (Fsp3) is 0.0714. The highest BCUT2D eigenvalue weighted by molar-refractivity contribution is 6.35. The van der Waals surface area contributed by atoms with E-state index in [9.17, 15) is 0 Å². The summed E-state index contributed by atoms with van der Waals surface area (Å²) in [5, 5.41) is 11.0. The van der Waals surface area contributed by atoms with Gasteiger partial charge in [-0.3, -0.25) is 4.98 Å². The second-order valence-electron chi connectivity index (χ2n) is 4.17. The summed E-state index contributed by atoms with van der Waals surface area (Å²) in [5.41, 5.74) is 1.91. The number of pyridine rings is 1. The van der Waals surface area contributed by atoms with Crippen LogP contribution in [0, 0.1) is 0 Å². The van der Waals surface area contributed by atoms with Crippen LogP contribution < -0.4 is 0 Å². The van der Waals surface area contributed by atoms with Gasteiger partial charge in [-0.05, 0) is 29.8 Å². The Labute approximate surface area is 120 Å². The highest BCUT2D eigenvalue weighted by Gasteiger charge is 2.09. The van der Waals surface area contributed by atoms with E-state index in [0.29, 0.717) is 16.6 Å². The van der Waals surface area contributed by atoms with Crippen molar-refractivity contribution >= 4 is 34.0 Å². The number of rotatable bonds is 2. The van der Waals surface area contributed by atoms with Gasteiger partial charge in [0.1, 0.15) is 0 Å². The Balaban J connectivity index is 2.13. The Morgan fingerprint density at radius 1 is 1.00 bits per heavy atom. The van der Waals surface area contributed by atoms with Crippen LogP contribution in [0.1, 0.15) is 11.3 Å². The minimum Gasteiger partial charge on any atom is -0.264 e. The molecule has 3 nitrogen and oxygen atoms in total. The number of hydrogen-bond donors (Lipinski definition) is 0. The van der Waals surface area contributed by atoms with Crippen LogP contribution in [0.25, 0.3) is 10.8 Å². The van der Waals surface area contributed by atoms with E-state index in [1.165, 1.54) is 0 Å². The molecule has 3 aromatic rings. The highest BCUT2D eigenvalue weighted by atomic mass is 35.5. The number of nitrogens with zero attached hydrogens (tertiary/aromatic N) is 3. The zero-order chi connectivity index (χ0) is 13.2. The SMILES string of the molecule is Clc1ccc2c(Cl)nnc(Cc3cccnc3)c2c1. The molecule has 94 valence electrons. The van der Waals surface area contributed by atoms with Crippen LogP contribution in [0.15, 0.2) is 42.7 Å². The van der Waals surface area contributed by atoms with Crippen molar-refractivity contribution in [3.63, 3.8) is 0 Å². The van der Waals surface area contributed by atoms with Crippen LogP contribution in [0.2, 0.25) is 10.2 Å². The van der Waals surface area contributed by atoms with E-state index in [0.717, 1.165) is 22.0 Å². The fourth-order valence-corrected chi connectivity index (χ4v) is 2.35. The van der Waals surface area contributed by atoms with Gasteiger partial charge in [0.15, 0.2) is 5.15 Å². The molecule has 0 amide bonds. The first-order valence-corrected chi connectivity index (χ1v) is 6.49. The van der Waals surface area contributed by atoms with Gasteiger partial charge in [-0.15, -0.1) is 5.10 Å². The minimum absolute atomic E-state index is 0.390. The lowest BCUT2D eigenvalue weighted by Gasteiger charge is -2.06. The van der Waals surface area contributed by atoms with Gasteiger partial charge in [0.05, 0.1) is 5.69 Å². The van der Waals surface area contributed by atoms with Crippen molar-refractivity contribution in [2.75, 3.05) is 0 Å². The van der Waals surface area contributed by atoms with Crippen LogP contribution in [-0.4, -0.2) is 15.2 Å². The van der Waals surface area contributed by atoms with Crippen LogP contribution in [0.5, 0.6) is 0 Å². The predicted octanol–water partition coefficient (Wildman–Crippen LogP) is 3.92. The first kappa shape index (κ1) is 12.3. The minimum atomic E-state index is 0.390. The molecular weight excluding hydrogens is 281 g/mol. The molecule has 0 aliphatic carbocycles. The molecule has 0 fully saturated rings. The Kier molecular flexibility index (Phi) is 3.32. The van der Waals surface area contributed by atoms with Crippen LogP contribution >= 0.6 is 23.2 Å². The fourth-order valence-electron chi connectivity index (χ4n) is 1.97. The topological polar surface area (TPSA) is 38.7 Å². The van der Waals surface area contributed by atoms with Crippen molar-refractivity contribution in [3.05, 3.63) is 64.2 Å². The third-order valence-electron chi connectivity index (χ3n) is 2.87. The summed E-state index contributed by atoms with van der Waals surface area (Å²) in [4.78, 5) is 4.10. The quantitative estimate of drug-likeness (QED) is 0.718. The molecule has 0 spiro atoms. The summed E-state index contributed by atoms with van der Waals surface area (Å²) < 4.78 is 0. The summed E-state index contributed by atoms with van der Waals surface area (Å²) in [5.74, 6) is 0. The largest absolute Gasteiger partial charge is 0.264 e. The summed E-state index contributed by atoms with van der Waals surface area (Å²) in [7, 11) is 0. The number of hydrogen-bond acceptors (Lipinski definition) is 3. The van der Waals surface area contributed by atoms with E-state index in [1.807, 2.05) is 30.5 Å². The lowest BCUT2D eigenvalue weighted by Crippen LogP contribution is -1.97. The second kappa shape index (κ2) is 5.11. The van der Waals surface area contributed by atoms with Gasteiger partial charge in [0.25, 0.3) is 0 Å². The van der Waals surface area contributed by atoms with Gasteiger partial charge in [-0.25, -0.2) is 0 Å². The third-order valence-corrected chi connectivity index (χ3v) is 3.38. The van der Waals surface area contributed by atoms with Crippen LogP contribution in [0.3, 0.4) is 0 Å². The van der Waals surface area contributed by atoms with Gasteiger partial charge in [0, 0.05) is 34.6 Å². The van der Waals surface area contributed by atoms with E-state index < -0.39 is 0 Å². The average Bonchev–Trinajstić information content (AvgIpc) is 2.43. The summed E-state index contributed by atoms with van der Waals surface area (Å²) >= 11 is 12.1. The number of aromatic nitrogens is 3. The van der Waals surface area contributed by atoms with E-state index in [2.05, 4.69) is 15.2 Å². The van der Waals surface area contributed by atoms with Crippen molar-refractivity contribution in [1.29, 1.82) is 0 Å². The lowest BCUT2D eigenvalue weighted by molar-refractivity contribution is 0.954. The second-order valence-corrected chi connectivity index (χ2v) is 4.96. The maximum absolute atomic E-state index is 6.06. The van der Waals surface area contributed by atoms with Crippen molar-refractivity contribution in [2.45, 2.75) is 6.42 Å². The first-order chi connectivity index (χ1) is 9.24. The van der Waals surface area contributed by atoms with E-state index in [-0.39, 0.29) is 0 Å². The summed E-state index contributed by atoms with van der Waals surface area (Å²) in [6.07, 6.45) is 4.20. The third kappa shape index (κ3) is 2.53. The van der Waals surface area contributed by atoms with Gasteiger partial charge in [-0.1, -0.05) is 29.3 Å². The number of benzene rings is 1. The molecule has 5 heteroatoms. The molecule has 0 N–H and O–H groups in total. The molecule has 3 rings (SSSR count). The molecule has 2 aromatic heterocycles. The molecule has 0 bridgehead atoms. The van der Waals surface area contributed by atoms with Gasteiger partial charge < -0.3 is 0 Å². The van der Waals surface area contributed by atoms with Crippen molar-refractivity contribution in [1.82, 2.24) is 15.2 Å². The van der Waals surface area contributed by atoms with E-state index >= 15 is 0 Å². The summed E-state index contributed by atoms with van der Waals surface area (Å²) in [6.45, 7) is 0. The predicted molar refractivity (Wildman–Crippen MR) is 76.6 cm³/mol. The van der Waals surface area contributed by atoms with Gasteiger partial charge >= 0.3 is 0 Å². The molecule has 19 heavy (non-hydrogen) atoms. The van der Waals surface area contributed by atoms with Crippen molar-refractivity contribution in [3.8, 4) is 0 Å². The maximum atomic E-state index is 6.06. The Hall–Kier alpha value is -1.71. The Bertz CT molecular complexity index is 729. The Morgan fingerprint density at radius 2 is 1.89 bits per heavy atom. The molecule has 0 aliphatic rings. The molecular formula is C14H9Cl2N3. The molecule has 0 atom stereocenters. The molecule has 2 heterocycles. The molecule has 0 aliphatic heterocycles. The molecule has 1 aromatic carbocycles. The smallest absolute Gasteiger partial charge is 0.159 e.